The van der Waals surface area contributed by atoms with Gasteiger partial charge in [-0.3, -0.25) is 14.9 Å². The van der Waals surface area contributed by atoms with Crippen LogP contribution in [-0.4, -0.2) is 40.5 Å². The predicted octanol–water partition coefficient (Wildman–Crippen LogP) is 0.769. The monoisotopic (exact) mass is 271 g/mol. The van der Waals surface area contributed by atoms with Crippen molar-refractivity contribution >= 4 is 17.3 Å². The minimum Gasteiger partial charge on any atom is -0.393 e. The topological polar surface area (TPSA) is 110 Å². The van der Waals surface area contributed by atoms with Gasteiger partial charge in [-0.2, -0.15) is 0 Å². The van der Waals surface area contributed by atoms with Gasteiger partial charge in [0.2, 0.25) is 0 Å². The Hall–Kier alpha value is -2.22. The first-order chi connectivity index (χ1) is 8.73. The van der Waals surface area contributed by atoms with Crippen LogP contribution in [0.5, 0.6) is 0 Å². The number of nitro benzene ring substituents is 1. The molecular weight excluding hydrogens is 257 g/mol. The standard InChI is InChI=1S/C11H14FN3O4/c1-6(16)5-14(2)11(17)8-3-7(12)4-9(10(8)13)15(18)19/h3-4,6,16H,5,13H2,1-2H3. The molecule has 7 nitrogen and oxygen atoms in total. The van der Waals surface area contributed by atoms with Gasteiger partial charge < -0.3 is 15.7 Å². The zero-order chi connectivity index (χ0) is 14.7. The Labute approximate surface area is 108 Å². The zero-order valence-corrected chi connectivity index (χ0v) is 10.5. The highest BCUT2D eigenvalue weighted by Gasteiger charge is 2.24. The molecule has 8 heteroatoms. The number of hydrogen-bond donors (Lipinski definition) is 2. The van der Waals surface area contributed by atoms with Gasteiger partial charge in [-0.25, -0.2) is 4.39 Å². The lowest BCUT2D eigenvalue weighted by Gasteiger charge is -2.19. The van der Waals surface area contributed by atoms with Gasteiger partial charge in [0.1, 0.15) is 11.5 Å². The summed E-state index contributed by atoms with van der Waals surface area (Å²) in [7, 11) is 1.38. The molecule has 1 unspecified atom stereocenters. The first-order valence-corrected chi connectivity index (χ1v) is 5.41. The summed E-state index contributed by atoms with van der Waals surface area (Å²) in [5.41, 5.74) is 4.15. The first kappa shape index (κ1) is 14.8. The number of aliphatic hydroxyl groups excluding tert-OH is 1. The van der Waals surface area contributed by atoms with Crippen LogP contribution in [0.2, 0.25) is 0 Å². The van der Waals surface area contributed by atoms with E-state index in [0.29, 0.717) is 6.07 Å². The van der Waals surface area contributed by atoms with Crippen LogP contribution in [0, 0.1) is 15.9 Å². The molecule has 0 aromatic heterocycles. The molecule has 1 aromatic carbocycles. The molecule has 1 aromatic rings. The molecule has 3 N–H and O–H groups in total. The average molecular weight is 271 g/mol. The normalized spacial score (nSPS) is 12.0. The lowest BCUT2D eigenvalue weighted by atomic mass is 10.1. The number of carbonyl (C=O) groups is 1. The minimum absolute atomic E-state index is 0.00256. The molecule has 1 atom stereocenters. The number of anilines is 1. The molecule has 0 aliphatic carbocycles. The zero-order valence-electron chi connectivity index (χ0n) is 10.5. The second kappa shape index (κ2) is 5.61. The SMILES string of the molecule is CC(O)CN(C)C(=O)c1cc(F)cc([N+](=O)[O-])c1N. The number of aliphatic hydroxyl groups is 1. The molecule has 1 amide bonds. The Balaban J connectivity index is 3.20. The lowest BCUT2D eigenvalue weighted by molar-refractivity contribution is -0.384. The Bertz CT molecular complexity index is 519. The van der Waals surface area contributed by atoms with Crippen molar-refractivity contribution in [2.75, 3.05) is 19.3 Å². The second-order valence-electron chi connectivity index (χ2n) is 4.18. The van der Waals surface area contributed by atoms with E-state index < -0.39 is 34.1 Å². The Morgan fingerprint density at radius 2 is 2.21 bits per heavy atom. The number of rotatable bonds is 4. The third-order valence-corrected chi connectivity index (χ3v) is 2.43. The minimum atomic E-state index is -0.922. The van der Waals surface area contributed by atoms with Crippen molar-refractivity contribution in [3.8, 4) is 0 Å². The molecule has 1 rings (SSSR count). The molecule has 0 heterocycles. The first-order valence-electron chi connectivity index (χ1n) is 5.41. The van der Waals surface area contributed by atoms with E-state index in [4.69, 9.17) is 5.73 Å². The van der Waals surface area contributed by atoms with Crippen molar-refractivity contribution in [2.24, 2.45) is 0 Å². The molecule has 0 spiro atoms. The van der Waals surface area contributed by atoms with E-state index in [1.54, 1.807) is 0 Å². The van der Waals surface area contributed by atoms with Crippen LogP contribution < -0.4 is 5.73 Å². The summed E-state index contributed by atoms with van der Waals surface area (Å²) in [5.74, 6) is -1.62. The van der Waals surface area contributed by atoms with Crippen molar-refractivity contribution in [2.45, 2.75) is 13.0 Å². The van der Waals surface area contributed by atoms with E-state index in [1.807, 2.05) is 0 Å². The molecule has 0 bridgehead atoms. The highest BCUT2D eigenvalue weighted by atomic mass is 19.1. The van der Waals surface area contributed by atoms with Crippen LogP contribution in [0.3, 0.4) is 0 Å². The van der Waals surface area contributed by atoms with Crippen molar-refractivity contribution < 1.29 is 19.2 Å². The number of hydrogen-bond acceptors (Lipinski definition) is 5. The molecule has 19 heavy (non-hydrogen) atoms. The number of nitrogen functional groups attached to an aromatic ring is 1. The van der Waals surface area contributed by atoms with Gasteiger partial charge in [0.25, 0.3) is 11.6 Å². The van der Waals surface area contributed by atoms with Crippen LogP contribution >= 0.6 is 0 Å². The maximum Gasteiger partial charge on any atom is 0.295 e. The fourth-order valence-corrected chi connectivity index (χ4v) is 1.62. The lowest BCUT2D eigenvalue weighted by Crippen LogP contribution is -2.33. The maximum atomic E-state index is 13.3. The van der Waals surface area contributed by atoms with Gasteiger partial charge in [-0.15, -0.1) is 0 Å². The van der Waals surface area contributed by atoms with Gasteiger partial charge >= 0.3 is 0 Å². The number of amides is 1. The van der Waals surface area contributed by atoms with Gasteiger partial charge in [0.05, 0.1) is 22.7 Å². The van der Waals surface area contributed by atoms with Crippen molar-refractivity contribution in [3.05, 3.63) is 33.6 Å². The highest BCUT2D eigenvalue weighted by molar-refractivity contribution is 6.00. The summed E-state index contributed by atoms with van der Waals surface area (Å²) >= 11 is 0. The van der Waals surface area contributed by atoms with Crippen molar-refractivity contribution in [3.63, 3.8) is 0 Å². The molecular formula is C11H14FN3O4. The van der Waals surface area contributed by atoms with E-state index in [2.05, 4.69) is 0 Å². The number of nitro groups is 1. The van der Waals surface area contributed by atoms with Crippen LogP contribution in [0.15, 0.2) is 12.1 Å². The maximum absolute atomic E-state index is 13.3. The molecule has 0 saturated carbocycles. The number of nitrogens with two attached hydrogens (primary N) is 1. The van der Waals surface area contributed by atoms with Gasteiger partial charge in [-0.1, -0.05) is 0 Å². The van der Waals surface area contributed by atoms with Crippen molar-refractivity contribution in [1.29, 1.82) is 0 Å². The number of benzene rings is 1. The molecule has 104 valence electrons. The van der Waals surface area contributed by atoms with Gasteiger partial charge in [-0.05, 0) is 13.0 Å². The summed E-state index contributed by atoms with van der Waals surface area (Å²) in [5, 5.41) is 19.9. The summed E-state index contributed by atoms with van der Waals surface area (Å²) in [6.45, 7) is 1.48. The largest absolute Gasteiger partial charge is 0.393 e. The van der Waals surface area contributed by atoms with Crippen LogP contribution in [-0.2, 0) is 0 Å². The number of nitrogens with zero attached hydrogens (tertiary/aromatic N) is 2. The van der Waals surface area contributed by atoms with Gasteiger partial charge in [0, 0.05) is 13.6 Å². The number of carbonyl (C=O) groups excluding carboxylic acids is 1. The molecule has 0 aliphatic heterocycles. The van der Waals surface area contributed by atoms with Crippen LogP contribution in [0.25, 0.3) is 0 Å². The Morgan fingerprint density at radius 1 is 1.63 bits per heavy atom. The average Bonchev–Trinajstić information content (AvgIpc) is 2.29. The van der Waals surface area contributed by atoms with E-state index in [0.717, 1.165) is 11.0 Å². The number of halogens is 1. The quantitative estimate of drug-likeness (QED) is 0.477. The summed E-state index contributed by atoms with van der Waals surface area (Å²) in [4.78, 5) is 22.9. The number of likely N-dealkylation sites (N-methyl/N-ethyl adjacent to an activating group) is 1. The van der Waals surface area contributed by atoms with E-state index in [1.165, 1.54) is 14.0 Å². The second-order valence-corrected chi connectivity index (χ2v) is 4.18. The van der Waals surface area contributed by atoms with Crippen LogP contribution in [0.4, 0.5) is 15.8 Å². The fourth-order valence-electron chi connectivity index (χ4n) is 1.62. The summed E-state index contributed by atoms with van der Waals surface area (Å²) in [6, 6.07) is 1.49. The van der Waals surface area contributed by atoms with E-state index in [-0.39, 0.29) is 12.1 Å². The Kier molecular flexibility index (Phi) is 4.38. The molecule has 0 radical (unpaired) electrons. The van der Waals surface area contributed by atoms with Gasteiger partial charge in [0.15, 0.2) is 0 Å². The Morgan fingerprint density at radius 3 is 2.68 bits per heavy atom. The third-order valence-electron chi connectivity index (χ3n) is 2.43. The fraction of sp³-hybridized carbons (Fsp3) is 0.364. The third kappa shape index (κ3) is 3.38. The molecule has 0 saturated heterocycles. The predicted molar refractivity (Wildman–Crippen MR) is 66.1 cm³/mol. The van der Waals surface area contributed by atoms with Crippen LogP contribution in [0.1, 0.15) is 17.3 Å². The van der Waals surface area contributed by atoms with E-state index in [9.17, 15) is 24.4 Å². The van der Waals surface area contributed by atoms with E-state index >= 15 is 0 Å². The summed E-state index contributed by atoms with van der Waals surface area (Å²) < 4.78 is 13.3. The molecule has 0 fully saturated rings. The van der Waals surface area contributed by atoms with Crippen molar-refractivity contribution in [1.82, 2.24) is 4.90 Å². The smallest absolute Gasteiger partial charge is 0.295 e. The summed E-state index contributed by atoms with van der Waals surface area (Å²) in [6.07, 6.45) is -0.779. The molecule has 0 aliphatic rings. The highest BCUT2D eigenvalue weighted by Crippen LogP contribution is 2.27.